The first kappa shape index (κ1) is 53.2. The summed E-state index contributed by atoms with van der Waals surface area (Å²) in [6, 6.07) is 129. The van der Waals surface area contributed by atoms with E-state index in [2.05, 4.69) is 365 Å². The van der Waals surface area contributed by atoms with Crippen molar-refractivity contribution in [2.75, 3.05) is 9.80 Å². The lowest BCUT2D eigenvalue weighted by Crippen LogP contribution is -2.61. The monoisotopic (exact) mass is 1200 g/mol. The Kier molecular flexibility index (Phi) is 11.8. The van der Waals surface area contributed by atoms with Crippen molar-refractivity contribution in [1.29, 1.82) is 0 Å². The van der Waals surface area contributed by atoms with Gasteiger partial charge in [0.25, 0.3) is 6.71 Å². The minimum atomic E-state index is -0.214. The summed E-state index contributed by atoms with van der Waals surface area (Å²) in [4.78, 5) is 5.34. The van der Waals surface area contributed by atoms with Crippen LogP contribution in [-0.2, 0) is 0 Å². The van der Waals surface area contributed by atoms with E-state index < -0.39 is 0 Å². The molecular formula is C90H57BN4. The van der Waals surface area contributed by atoms with Crippen LogP contribution in [0.1, 0.15) is 0 Å². The summed E-state index contributed by atoms with van der Waals surface area (Å²) in [6.07, 6.45) is 0. The molecule has 0 fully saturated rings. The molecule has 0 amide bonds. The first-order valence-corrected chi connectivity index (χ1v) is 32.9. The molecular weight excluding hydrogens is 1150 g/mol. The number of anilines is 6. The molecule has 4 nitrogen and oxygen atoms in total. The Morgan fingerprint density at radius 2 is 0.589 bits per heavy atom. The number of hydrogen-bond donors (Lipinski definition) is 0. The Balaban J connectivity index is 0.933. The van der Waals surface area contributed by atoms with Gasteiger partial charge in [-0.2, -0.15) is 0 Å². The molecule has 5 heterocycles. The molecule has 0 bridgehead atoms. The third-order valence-corrected chi connectivity index (χ3v) is 20.4. The average Bonchev–Trinajstić information content (AvgIpc) is 1.46. The maximum absolute atomic E-state index is 2.67. The molecule has 3 aromatic heterocycles. The summed E-state index contributed by atoms with van der Waals surface area (Å²) in [6.45, 7) is -0.214. The topological polar surface area (TPSA) is 15.8 Å². The molecule has 95 heavy (non-hydrogen) atoms. The number of rotatable bonds is 9. The Hall–Kier alpha value is -12.4. The summed E-state index contributed by atoms with van der Waals surface area (Å²) in [7, 11) is 0. The first-order valence-electron chi connectivity index (χ1n) is 32.9. The number of aromatic nitrogens is 2. The Morgan fingerprint density at radius 1 is 0.221 bits per heavy atom. The van der Waals surface area contributed by atoms with E-state index >= 15 is 0 Å². The maximum Gasteiger partial charge on any atom is 0.252 e. The number of nitrogens with zero attached hydrogens (tertiary/aromatic N) is 4. The highest BCUT2D eigenvalue weighted by Crippen LogP contribution is 2.54. The molecule has 20 rings (SSSR count). The van der Waals surface area contributed by atoms with Crippen molar-refractivity contribution in [1.82, 2.24) is 8.97 Å². The van der Waals surface area contributed by atoms with Gasteiger partial charge >= 0.3 is 0 Å². The normalized spacial score (nSPS) is 12.6. The van der Waals surface area contributed by atoms with Gasteiger partial charge in [-0.25, -0.2) is 0 Å². The minimum absolute atomic E-state index is 0.214. The molecule has 15 aromatic carbocycles. The predicted molar refractivity (Wildman–Crippen MR) is 402 cm³/mol. The second kappa shape index (κ2) is 21.1. The molecule has 0 atom stereocenters. The van der Waals surface area contributed by atoms with E-state index in [0.29, 0.717) is 0 Å². The quantitative estimate of drug-likeness (QED) is 0.134. The van der Waals surface area contributed by atoms with Crippen molar-refractivity contribution in [3.63, 3.8) is 0 Å². The molecule has 2 aliphatic rings. The highest BCUT2D eigenvalue weighted by molar-refractivity contribution is 7.00. The molecule has 2 aliphatic heterocycles. The van der Waals surface area contributed by atoms with Crippen molar-refractivity contribution in [3.8, 4) is 72.4 Å². The maximum atomic E-state index is 2.67. The van der Waals surface area contributed by atoms with Crippen molar-refractivity contribution < 1.29 is 0 Å². The van der Waals surface area contributed by atoms with Crippen LogP contribution >= 0.6 is 0 Å². The lowest BCUT2D eigenvalue weighted by molar-refractivity contribution is 1.17. The molecule has 0 aliphatic carbocycles. The predicted octanol–water partition coefficient (Wildman–Crippen LogP) is 22.0. The van der Waals surface area contributed by atoms with Gasteiger partial charge < -0.3 is 18.8 Å². The van der Waals surface area contributed by atoms with Gasteiger partial charge in [0.2, 0.25) is 0 Å². The van der Waals surface area contributed by atoms with Crippen LogP contribution in [0.15, 0.2) is 346 Å². The van der Waals surface area contributed by atoms with E-state index in [1.807, 2.05) is 0 Å². The lowest BCUT2D eigenvalue weighted by atomic mass is 9.33. The first-order chi connectivity index (χ1) is 47.2. The summed E-state index contributed by atoms with van der Waals surface area (Å²) in [5.74, 6) is 0. The standard InChI is InChI=1S/C90H57BN4/c1-6-25-58(26-7-1)65-55-85-87-86(56-65)95(89-69(61-31-12-4-13-32-61)40-23-41-70(89)62-33-14-5-15-34-62)84-57-66(92-79-44-19-16-35-71(79)72-36-17-20-45-80(72)92)49-51-78(84)91(87)77-50-47-64(63-48-52-82-76(53-63)75-43-24-42-74-73-37-18-21-46-81(73)93(82)90(74)75)54-83(77)94(85)88-67(59-27-8-2-9-28-59)38-22-39-68(88)60-29-10-3-11-30-60/h1-57H. The van der Waals surface area contributed by atoms with Crippen molar-refractivity contribution in [2.45, 2.75) is 0 Å². The van der Waals surface area contributed by atoms with E-state index in [1.54, 1.807) is 0 Å². The van der Waals surface area contributed by atoms with Gasteiger partial charge in [-0.3, -0.25) is 0 Å². The average molecular weight is 1210 g/mol. The highest BCUT2D eigenvalue weighted by atomic mass is 15.2. The van der Waals surface area contributed by atoms with Crippen LogP contribution in [0.4, 0.5) is 34.1 Å². The van der Waals surface area contributed by atoms with Gasteiger partial charge in [-0.15, -0.1) is 0 Å². The third-order valence-electron chi connectivity index (χ3n) is 20.4. The van der Waals surface area contributed by atoms with E-state index in [1.165, 1.54) is 81.9 Å². The summed E-state index contributed by atoms with van der Waals surface area (Å²) in [5, 5.41) is 7.54. The highest BCUT2D eigenvalue weighted by Gasteiger charge is 2.46. The second-order valence-electron chi connectivity index (χ2n) is 25.4. The largest absolute Gasteiger partial charge is 0.310 e. The fourth-order valence-corrected chi connectivity index (χ4v) is 16.4. The van der Waals surface area contributed by atoms with Crippen LogP contribution in [0.2, 0.25) is 0 Å². The van der Waals surface area contributed by atoms with E-state index in [9.17, 15) is 0 Å². The van der Waals surface area contributed by atoms with Gasteiger partial charge in [-0.05, 0) is 122 Å². The molecule has 0 radical (unpaired) electrons. The molecule has 440 valence electrons. The smallest absolute Gasteiger partial charge is 0.252 e. The molecule has 0 unspecified atom stereocenters. The zero-order chi connectivity index (χ0) is 62.2. The fourth-order valence-electron chi connectivity index (χ4n) is 16.4. The van der Waals surface area contributed by atoms with Crippen molar-refractivity contribution >= 4 is 117 Å². The number of benzene rings is 15. The van der Waals surface area contributed by atoms with Crippen LogP contribution in [-0.4, -0.2) is 15.7 Å². The van der Waals surface area contributed by atoms with E-state index in [-0.39, 0.29) is 6.71 Å². The zero-order valence-electron chi connectivity index (χ0n) is 51.8. The fraction of sp³-hybridized carbons (Fsp3) is 0. The molecule has 0 N–H and O–H groups in total. The van der Waals surface area contributed by atoms with Gasteiger partial charge in [0.1, 0.15) is 0 Å². The van der Waals surface area contributed by atoms with Crippen LogP contribution in [0.3, 0.4) is 0 Å². The molecule has 18 aromatic rings. The van der Waals surface area contributed by atoms with Crippen LogP contribution in [0, 0.1) is 0 Å². The Bertz CT molecular complexity index is 5930. The molecule has 0 spiro atoms. The van der Waals surface area contributed by atoms with Crippen LogP contribution in [0.25, 0.3) is 132 Å². The van der Waals surface area contributed by atoms with Crippen LogP contribution in [0.5, 0.6) is 0 Å². The van der Waals surface area contributed by atoms with Crippen molar-refractivity contribution in [3.05, 3.63) is 346 Å². The van der Waals surface area contributed by atoms with Gasteiger partial charge in [-0.1, -0.05) is 285 Å². The zero-order valence-corrected chi connectivity index (χ0v) is 51.8. The Labute approximate surface area is 550 Å². The van der Waals surface area contributed by atoms with Crippen LogP contribution < -0.4 is 26.2 Å². The van der Waals surface area contributed by atoms with Gasteiger partial charge in [0.05, 0.1) is 39.0 Å². The minimum Gasteiger partial charge on any atom is -0.310 e. The Morgan fingerprint density at radius 3 is 1.11 bits per heavy atom. The number of fused-ring (bicyclic) bond motifs is 13. The lowest BCUT2D eigenvalue weighted by Gasteiger charge is -2.46. The molecule has 5 heteroatoms. The third kappa shape index (κ3) is 8.03. The van der Waals surface area contributed by atoms with Gasteiger partial charge in [0, 0.05) is 83.0 Å². The SMILES string of the molecule is c1ccc(-c2cc3c4c(c2)N(c2c(-c5ccccc5)cccc2-c2ccccc2)c2cc(-n5c6ccccc6c6ccccc65)ccc2B4c2ccc(-c4ccc5c(c4)c4cccc6c7ccccc7n5c64)cc2N3c2c(-c3ccccc3)cccc2-c2ccccc2)cc1. The molecule has 0 saturated heterocycles. The summed E-state index contributed by atoms with van der Waals surface area (Å²) < 4.78 is 4.96. The number of para-hydroxylation sites is 6. The summed E-state index contributed by atoms with van der Waals surface area (Å²) >= 11 is 0. The molecule has 0 saturated carbocycles. The summed E-state index contributed by atoms with van der Waals surface area (Å²) in [5.41, 5.74) is 31.3. The van der Waals surface area contributed by atoms with Crippen molar-refractivity contribution in [2.24, 2.45) is 0 Å². The second-order valence-corrected chi connectivity index (χ2v) is 25.4. The van der Waals surface area contributed by atoms with E-state index in [0.717, 1.165) is 101 Å². The van der Waals surface area contributed by atoms with E-state index in [4.69, 9.17) is 0 Å². The number of hydrogen-bond acceptors (Lipinski definition) is 2. The van der Waals surface area contributed by atoms with Gasteiger partial charge in [0.15, 0.2) is 0 Å².